The second-order valence-electron chi connectivity index (χ2n) is 8.97. The maximum absolute atomic E-state index is 13.5. The van der Waals surface area contributed by atoms with E-state index in [0.717, 1.165) is 22.0 Å². The topological polar surface area (TPSA) is 89.1 Å². The Kier molecular flexibility index (Phi) is 5.98. The van der Waals surface area contributed by atoms with Gasteiger partial charge in [-0.15, -0.1) is 10.2 Å². The van der Waals surface area contributed by atoms with Crippen molar-refractivity contribution in [3.8, 4) is 22.9 Å². The van der Waals surface area contributed by atoms with E-state index in [1.165, 1.54) is 0 Å². The molecule has 0 fully saturated rings. The van der Waals surface area contributed by atoms with Crippen LogP contribution in [0, 0.1) is 6.92 Å². The van der Waals surface area contributed by atoms with Crippen molar-refractivity contribution in [1.82, 2.24) is 9.55 Å². The van der Waals surface area contributed by atoms with Crippen molar-refractivity contribution in [1.29, 1.82) is 0 Å². The lowest BCUT2D eigenvalue weighted by Crippen LogP contribution is -1.99. The molecule has 0 aliphatic heterocycles. The third-order valence-corrected chi connectivity index (χ3v) is 6.18. The van der Waals surface area contributed by atoms with Gasteiger partial charge < -0.3 is 14.4 Å². The molecule has 180 valence electrons. The molecule has 2 aromatic heterocycles. The molecule has 2 heterocycles. The van der Waals surface area contributed by atoms with E-state index in [0.29, 0.717) is 27.9 Å². The number of hydrogen-bond donors (Lipinski definition) is 1. The number of aromatic hydroxyl groups is 1. The molecule has 3 aromatic carbocycles. The molecule has 0 spiro atoms. The molecule has 5 aromatic rings. The minimum Gasteiger partial charge on any atom is -0.497 e. The van der Waals surface area contributed by atoms with Crippen LogP contribution in [0.4, 0.5) is 5.69 Å². The lowest BCUT2D eigenvalue weighted by atomic mass is 10.0. The van der Waals surface area contributed by atoms with Crippen LogP contribution in [-0.2, 0) is 0 Å². The number of pyridine rings is 1. The van der Waals surface area contributed by atoms with Crippen LogP contribution in [0.5, 0.6) is 11.6 Å². The maximum Gasteiger partial charge on any atom is 0.296 e. The van der Waals surface area contributed by atoms with E-state index in [9.17, 15) is 9.90 Å². The summed E-state index contributed by atoms with van der Waals surface area (Å²) >= 11 is 0. The first kappa shape index (κ1) is 23.2. The average molecular weight is 479 g/mol. The van der Waals surface area contributed by atoms with Crippen molar-refractivity contribution in [3.63, 3.8) is 0 Å². The lowest BCUT2D eigenvalue weighted by molar-refractivity contribution is 0.0996. The lowest BCUT2D eigenvalue weighted by Gasteiger charge is -2.10. The number of aromatic nitrogens is 2. The van der Waals surface area contributed by atoms with E-state index in [4.69, 9.17) is 9.72 Å². The summed E-state index contributed by atoms with van der Waals surface area (Å²) in [4.78, 5) is 18.2. The molecule has 0 aliphatic rings. The van der Waals surface area contributed by atoms with Gasteiger partial charge in [0.15, 0.2) is 5.69 Å². The number of azo groups is 1. The monoisotopic (exact) mass is 478 g/mol. The fourth-order valence-electron chi connectivity index (χ4n) is 4.43. The standard InChI is InChI=1S/C29H26N4O3/c1-17(2)33-26-13-10-18(3)14-23(26)27(29(33)35)31-32-28(34)22-16-25(19-8-6-5-7-9-19)30-24-12-11-20(36-4)15-21(22)24/h5-17,35H,1-4H3. The van der Waals surface area contributed by atoms with E-state index in [2.05, 4.69) is 10.2 Å². The Labute approximate surface area is 208 Å². The molecule has 0 atom stereocenters. The van der Waals surface area contributed by atoms with Gasteiger partial charge in [0.1, 0.15) is 5.75 Å². The highest BCUT2D eigenvalue weighted by molar-refractivity contribution is 6.08. The Morgan fingerprint density at radius 2 is 1.78 bits per heavy atom. The summed E-state index contributed by atoms with van der Waals surface area (Å²) in [5.74, 6) is 0.0505. The van der Waals surface area contributed by atoms with Crippen LogP contribution in [0.3, 0.4) is 0 Å². The van der Waals surface area contributed by atoms with Crippen molar-refractivity contribution in [2.75, 3.05) is 7.11 Å². The molecule has 5 rings (SSSR count). The normalized spacial score (nSPS) is 11.7. The maximum atomic E-state index is 13.5. The highest BCUT2D eigenvalue weighted by atomic mass is 16.5. The van der Waals surface area contributed by atoms with Gasteiger partial charge in [0.2, 0.25) is 5.88 Å². The van der Waals surface area contributed by atoms with Crippen molar-refractivity contribution >= 4 is 33.4 Å². The van der Waals surface area contributed by atoms with Crippen LogP contribution in [0.25, 0.3) is 33.1 Å². The summed E-state index contributed by atoms with van der Waals surface area (Å²) in [5.41, 5.74) is 4.66. The van der Waals surface area contributed by atoms with Gasteiger partial charge in [-0.1, -0.05) is 42.0 Å². The first-order chi connectivity index (χ1) is 17.4. The first-order valence-electron chi connectivity index (χ1n) is 11.7. The zero-order chi connectivity index (χ0) is 25.4. The highest BCUT2D eigenvalue weighted by Gasteiger charge is 2.20. The second-order valence-corrected chi connectivity index (χ2v) is 8.97. The van der Waals surface area contributed by atoms with Crippen LogP contribution < -0.4 is 4.74 Å². The number of amides is 1. The number of benzene rings is 3. The van der Waals surface area contributed by atoms with Crippen LogP contribution >= 0.6 is 0 Å². The smallest absolute Gasteiger partial charge is 0.296 e. The van der Waals surface area contributed by atoms with Crippen LogP contribution in [0.1, 0.15) is 35.8 Å². The number of hydrogen-bond acceptors (Lipinski definition) is 5. The third kappa shape index (κ3) is 4.09. The van der Waals surface area contributed by atoms with Crippen molar-refractivity contribution in [3.05, 3.63) is 83.9 Å². The fraction of sp³-hybridized carbons (Fsp3) is 0.172. The van der Waals surface area contributed by atoms with Crippen molar-refractivity contribution < 1.29 is 14.6 Å². The van der Waals surface area contributed by atoms with Gasteiger partial charge in [-0.25, -0.2) is 4.98 Å². The van der Waals surface area contributed by atoms with Gasteiger partial charge >= 0.3 is 0 Å². The summed E-state index contributed by atoms with van der Waals surface area (Å²) in [5, 5.41) is 20.6. The molecule has 0 saturated heterocycles. The fourth-order valence-corrected chi connectivity index (χ4v) is 4.43. The second kappa shape index (κ2) is 9.26. The number of nitrogens with zero attached hydrogens (tertiary/aromatic N) is 4. The van der Waals surface area contributed by atoms with Gasteiger partial charge in [0.05, 0.1) is 29.4 Å². The number of carbonyl (C=O) groups is 1. The van der Waals surface area contributed by atoms with Crippen molar-refractivity contribution in [2.45, 2.75) is 26.8 Å². The zero-order valence-corrected chi connectivity index (χ0v) is 20.6. The van der Waals surface area contributed by atoms with E-state index in [1.54, 1.807) is 29.9 Å². The van der Waals surface area contributed by atoms with Gasteiger partial charge in [-0.05, 0) is 57.2 Å². The molecular weight excluding hydrogens is 452 g/mol. The van der Waals surface area contributed by atoms with Gasteiger partial charge in [-0.3, -0.25) is 4.79 Å². The van der Waals surface area contributed by atoms with E-state index >= 15 is 0 Å². The molecule has 0 saturated carbocycles. The Morgan fingerprint density at radius 3 is 2.50 bits per heavy atom. The summed E-state index contributed by atoms with van der Waals surface area (Å²) in [6.07, 6.45) is 0. The molecule has 1 N–H and O–H groups in total. The Morgan fingerprint density at radius 1 is 1.00 bits per heavy atom. The molecule has 0 radical (unpaired) electrons. The molecular formula is C29H26N4O3. The van der Waals surface area contributed by atoms with Crippen molar-refractivity contribution in [2.24, 2.45) is 10.2 Å². The minimum absolute atomic E-state index is 0.0000977. The van der Waals surface area contributed by atoms with E-state index in [-0.39, 0.29) is 17.6 Å². The molecule has 0 bridgehead atoms. The first-order valence-corrected chi connectivity index (χ1v) is 11.7. The number of aryl methyl sites for hydroxylation is 1. The van der Waals surface area contributed by atoms with Gasteiger partial charge in [0, 0.05) is 22.4 Å². The Hall–Kier alpha value is -4.52. The molecule has 1 amide bonds. The van der Waals surface area contributed by atoms with E-state index < -0.39 is 5.91 Å². The largest absolute Gasteiger partial charge is 0.497 e. The van der Waals surface area contributed by atoms with Gasteiger partial charge in [0.25, 0.3) is 5.91 Å². The minimum atomic E-state index is -0.537. The number of carbonyl (C=O) groups excluding carboxylic acids is 1. The molecule has 36 heavy (non-hydrogen) atoms. The van der Waals surface area contributed by atoms with Crippen LogP contribution in [0.15, 0.2) is 83.0 Å². The number of methoxy groups -OCH3 is 1. The van der Waals surface area contributed by atoms with Crippen LogP contribution in [0.2, 0.25) is 0 Å². The number of fused-ring (bicyclic) bond motifs is 2. The SMILES string of the molecule is COc1ccc2nc(-c3ccccc3)cc(C(=O)N=Nc3c(O)n(C(C)C)c4ccc(C)cc34)c2c1. The number of rotatable bonds is 5. The summed E-state index contributed by atoms with van der Waals surface area (Å²) in [6, 6.07) is 22.6. The zero-order valence-electron chi connectivity index (χ0n) is 20.6. The summed E-state index contributed by atoms with van der Waals surface area (Å²) in [7, 11) is 1.57. The Balaban J connectivity index is 1.65. The molecule has 7 nitrogen and oxygen atoms in total. The molecule has 7 heteroatoms. The summed E-state index contributed by atoms with van der Waals surface area (Å²) < 4.78 is 7.16. The predicted molar refractivity (Wildman–Crippen MR) is 141 cm³/mol. The number of ether oxygens (including phenoxy) is 1. The quantitative estimate of drug-likeness (QED) is 0.267. The highest BCUT2D eigenvalue weighted by Crippen LogP contribution is 2.41. The molecule has 0 aliphatic carbocycles. The van der Waals surface area contributed by atoms with Crippen LogP contribution in [-0.4, -0.2) is 27.7 Å². The Bertz CT molecular complexity index is 1640. The summed E-state index contributed by atoms with van der Waals surface area (Å²) in [6.45, 7) is 5.93. The molecule has 0 unspecified atom stereocenters. The predicted octanol–water partition coefficient (Wildman–Crippen LogP) is 7.38. The third-order valence-electron chi connectivity index (χ3n) is 6.18. The average Bonchev–Trinajstić information content (AvgIpc) is 3.17. The van der Waals surface area contributed by atoms with E-state index in [1.807, 2.05) is 75.4 Å². The van der Waals surface area contributed by atoms with Gasteiger partial charge in [-0.2, -0.15) is 0 Å².